The van der Waals surface area contributed by atoms with E-state index in [1.165, 1.54) is 15.3 Å². The van der Waals surface area contributed by atoms with Crippen molar-refractivity contribution in [3.63, 3.8) is 0 Å². The van der Waals surface area contributed by atoms with Gasteiger partial charge in [0.2, 0.25) is 0 Å². The van der Waals surface area contributed by atoms with E-state index in [1.807, 2.05) is 6.92 Å². The van der Waals surface area contributed by atoms with E-state index >= 15 is 0 Å². The van der Waals surface area contributed by atoms with Crippen molar-refractivity contribution in [1.29, 1.82) is 0 Å². The number of hydrogen-bond acceptors (Lipinski definition) is 3. The number of nitrogens with two attached hydrogens (primary N) is 1. The van der Waals surface area contributed by atoms with Crippen LogP contribution >= 0.6 is 11.3 Å². The first-order chi connectivity index (χ1) is 6.59. The summed E-state index contributed by atoms with van der Waals surface area (Å²) in [6, 6.07) is 2.17. The Morgan fingerprint density at radius 2 is 2.07 bits per heavy atom. The van der Waals surface area contributed by atoms with Gasteiger partial charge in [-0.25, -0.2) is 0 Å². The SMILES string of the molecule is Cc1cc(-c2[nH]nc(N)c2C)sc1C. The predicted molar refractivity (Wildman–Crippen MR) is 60.5 cm³/mol. The molecule has 0 aliphatic heterocycles. The third-order valence-electron chi connectivity index (χ3n) is 2.46. The fourth-order valence-corrected chi connectivity index (χ4v) is 2.43. The van der Waals surface area contributed by atoms with Crippen molar-refractivity contribution >= 4 is 17.2 Å². The highest BCUT2D eigenvalue weighted by molar-refractivity contribution is 7.15. The van der Waals surface area contributed by atoms with Gasteiger partial charge in [0.15, 0.2) is 0 Å². The van der Waals surface area contributed by atoms with Gasteiger partial charge < -0.3 is 5.73 Å². The molecule has 0 radical (unpaired) electrons. The lowest BCUT2D eigenvalue weighted by atomic mass is 10.2. The Balaban J connectivity index is 2.54. The van der Waals surface area contributed by atoms with Crippen LogP contribution in [-0.4, -0.2) is 10.2 Å². The lowest BCUT2D eigenvalue weighted by Gasteiger charge is -1.93. The maximum atomic E-state index is 5.69. The van der Waals surface area contributed by atoms with Crippen LogP contribution in [0.5, 0.6) is 0 Å². The van der Waals surface area contributed by atoms with Crippen molar-refractivity contribution in [1.82, 2.24) is 10.2 Å². The molecule has 0 saturated carbocycles. The number of anilines is 1. The Kier molecular flexibility index (Phi) is 2.07. The van der Waals surface area contributed by atoms with Gasteiger partial charge in [0, 0.05) is 10.4 Å². The average Bonchev–Trinajstić information content (AvgIpc) is 2.61. The second-order valence-electron chi connectivity index (χ2n) is 3.46. The quantitative estimate of drug-likeness (QED) is 0.755. The van der Waals surface area contributed by atoms with Crippen molar-refractivity contribution in [3.05, 3.63) is 22.1 Å². The fourth-order valence-electron chi connectivity index (χ4n) is 1.35. The molecule has 14 heavy (non-hydrogen) atoms. The number of thiophene rings is 1. The van der Waals surface area contributed by atoms with Crippen LogP contribution in [0, 0.1) is 20.8 Å². The summed E-state index contributed by atoms with van der Waals surface area (Å²) in [4.78, 5) is 2.55. The van der Waals surface area contributed by atoms with Crippen molar-refractivity contribution in [2.75, 3.05) is 5.73 Å². The molecular formula is C10H13N3S. The first-order valence-electron chi connectivity index (χ1n) is 4.47. The van der Waals surface area contributed by atoms with E-state index in [0.29, 0.717) is 5.82 Å². The summed E-state index contributed by atoms with van der Waals surface area (Å²) >= 11 is 1.77. The molecule has 0 atom stereocenters. The van der Waals surface area contributed by atoms with E-state index in [1.54, 1.807) is 11.3 Å². The Morgan fingerprint density at radius 1 is 1.36 bits per heavy atom. The van der Waals surface area contributed by atoms with Crippen molar-refractivity contribution < 1.29 is 0 Å². The monoisotopic (exact) mass is 207 g/mol. The number of aryl methyl sites for hydroxylation is 2. The molecule has 0 fully saturated rings. The van der Waals surface area contributed by atoms with Crippen LogP contribution < -0.4 is 5.73 Å². The normalized spacial score (nSPS) is 10.8. The lowest BCUT2D eigenvalue weighted by molar-refractivity contribution is 1.11. The molecule has 0 saturated heterocycles. The fraction of sp³-hybridized carbons (Fsp3) is 0.300. The van der Waals surface area contributed by atoms with Crippen molar-refractivity contribution in [3.8, 4) is 10.6 Å². The molecular weight excluding hydrogens is 194 g/mol. The van der Waals surface area contributed by atoms with Crippen LogP contribution in [-0.2, 0) is 0 Å². The summed E-state index contributed by atoms with van der Waals surface area (Å²) in [5.41, 5.74) is 9.08. The summed E-state index contributed by atoms with van der Waals surface area (Å²) in [5, 5.41) is 6.96. The molecule has 0 bridgehead atoms. The summed E-state index contributed by atoms with van der Waals surface area (Å²) in [6.45, 7) is 6.22. The van der Waals surface area contributed by atoms with E-state index in [4.69, 9.17) is 5.73 Å². The van der Waals surface area contributed by atoms with E-state index in [-0.39, 0.29) is 0 Å². The molecule has 2 aromatic heterocycles. The van der Waals surface area contributed by atoms with Crippen LogP contribution in [0.25, 0.3) is 10.6 Å². The van der Waals surface area contributed by atoms with Gasteiger partial charge in [0.1, 0.15) is 5.82 Å². The van der Waals surface area contributed by atoms with Crippen molar-refractivity contribution in [2.45, 2.75) is 20.8 Å². The van der Waals surface area contributed by atoms with Gasteiger partial charge in [-0.15, -0.1) is 11.3 Å². The van der Waals surface area contributed by atoms with Crippen LogP contribution in [0.3, 0.4) is 0 Å². The first-order valence-corrected chi connectivity index (χ1v) is 5.29. The van der Waals surface area contributed by atoms with Gasteiger partial charge in [-0.05, 0) is 32.4 Å². The van der Waals surface area contributed by atoms with Gasteiger partial charge in [0.05, 0.1) is 10.6 Å². The van der Waals surface area contributed by atoms with E-state index < -0.39 is 0 Å². The minimum atomic E-state index is 0.587. The number of hydrogen-bond donors (Lipinski definition) is 2. The second-order valence-corrected chi connectivity index (χ2v) is 4.72. The Labute approximate surface area is 87.0 Å². The van der Waals surface area contributed by atoms with Gasteiger partial charge in [-0.3, -0.25) is 5.10 Å². The summed E-state index contributed by atoms with van der Waals surface area (Å²) in [5.74, 6) is 0.587. The zero-order valence-electron chi connectivity index (χ0n) is 8.51. The van der Waals surface area contributed by atoms with Crippen LogP contribution in [0.4, 0.5) is 5.82 Å². The Morgan fingerprint density at radius 3 is 2.50 bits per heavy atom. The number of rotatable bonds is 1. The highest BCUT2D eigenvalue weighted by atomic mass is 32.1. The molecule has 0 aliphatic carbocycles. The Bertz CT molecular complexity index is 448. The number of aromatic amines is 1. The smallest absolute Gasteiger partial charge is 0.148 e. The molecule has 3 nitrogen and oxygen atoms in total. The number of nitrogens with zero attached hydrogens (tertiary/aromatic N) is 1. The maximum Gasteiger partial charge on any atom is 0.148 e. The molecule has 4 heteroatoms. The van der Waals surface area contributed by atoms with E-state index in [2.05, 4.69) is 30.1 Å². The van der Waals surface area contributed by atoms with Crippen LogP contribution in [0.1, 0.15) is 16.0 Å². The highest BCUT2D eigenvalue weighted by Gasteiger charge is 2.11. The largest absolute Gasteiger partial charge is 0.382 e. The molecule has 0 aromatic carbocycles. The number of nitrogens with one attached hydrogen (secondary N) is 1. The minimum absolute atomic E-state index is 0.587. The zero-order chi connectivity index (χ0) is 10.3. The molecule has 0 unspecified atom stereocenters. The minimum Gasteiger partial charge on any atom is -0.382 e. The Hall–Kier alpha value is -1.29. The van der Waals surface area contributed by atoms with Crippen molar-refractivity contribution in [2.24, 2.45) is 0 Å². The molecule has 3 N–H and O–H groups in total. The summed E-state index contributed by atoms with van der Waals surface area (Å²) < 4.78 is 0. The number of H-pyrrole nitrogens is 1. The second kappa shape index (κ2) is 3.13. The molecule has 2 rings (SSSR count). The summed E-state index contributed by atoms with van der Waals surface area (Å²) in [6.07, 6.45) is 0. The van der Waals surface area contributed by atoms with E-state index in [9.17, 15) is 0 Å². The molecule has 0 amide bonds. The zero-order valence-corrected chi connectivity index (χ0v) is 9.33. The maximum absolute atomic E-state index is 5.69. The average molecular weight is 207 g/mol. The van der Waals surface area contributed by atoms with Crippen LogP contribution in [0.2, 0.25) is 0 Å². The molecule has 0 aliphatic rings. The molecule has 0 spiro atoms. The topological polar surface area (TPSA) is 54.7 Å². The molecule has 74 valence electrons. The van der Waals surface area contributed by atoms with Gasteiger partial charge in [-0.2, -0.15) is 5.10 Å². The van der Waals surface area contributed by atoms with E-state index in [0.717, 1.165) is 11.3 Å². The number of nitrogen functional groups attached to an aromatic ring is 1. The number of aromatic nitrogens is 2. The highest BCUT2D eigenvalue weighted by Crippen LogP contribution is 2.32. The van der Waals surface area contributed by atoms with Crippen LogP contribution in [0.15, 0.2) is 6.07 Å². The predicted octanol–water partition coefficient (Wildman–Crippen LogP) is 2.65. The summed E-state index contributed by atoms with van der Waals surface area (Å²) in [7, 11) is 0. The van der Waals surface area contributed by atoms with Gasteiger partial charge >= 0.3 is 0 Å². The molecule has 2 aromatic rings. The first kappa shape index (κ1) is 9.27. The standard InChI is InChI=1S/C10H13N3S/c1-5-4-8(14-7(5)3)9-6(2)10(11)13-12-9/h4H,1-3H3,(H3,11,12,13). The molecule has 2 heterocycles. The van der Waals surface area contributed by atoms with Gasteiger partial charge in [-0.1, -0.05) is 0 Å². The lowest BCUT2D eigenvalue weighted by Crippen LogP contribution is -1.85. The third kappa shape index (κ3) is 1.32. The van der Waals surface area contributed by atoms with Gasteiger partial charge in [0.25, 0.3) is 0 Å². The third-order valence-corrected chi connectivity index (χ3v) is 3.63.